The molecular weight excluding hydrogens is 172 g/mol. The Labute approximate surface area is 76.4 Å². The number of rotatable bonds is 2. The van der Waals surface area contributed by atoms with Gasteiger partial charge in [0.15, 0.2) is 0 Å². The largest absolute Gasteiger partial charge is 0.281 e. The minimum absolute atomic E-state index is 0.0778. The number of halogens is 1. The van der Waals surface area contributed by atoms with Crippen molar-refractivity contribution in [1.82, 2.24) is 0 Å². The first-order chi connectivity index (χ1) is 5.79. The fourth-order valence-corrected chi connectivity index (χ4v) is 1.76. The van der Waals surface area contributed by atoms with E-state index < -0.39 is 0 Å². The zero-order chi connectivity index (χ0) is 8.55. The van der Waals surface area contributed by atoms with Crippen LogP contribution in [0.3, 0.4) is 0 Å². The highest BCUT2D eigenvalue weighted by atomic mass is 35.5. The van der Waals surface area contributed by atoms with Crippen molar-refractivity contribution in [1.29, 1.82) is 0 Å². The Balaban J connectivity index is 2.11. The molecule has 0 radical (unpaired) electrons. The van der Waals surface area contributed by atoms with Gasteiger partial charge in [0.2, 0.25) is 5.24 Å². The van der Waals surface area contributed by atoms with Gasteiger partial charge in [-0.25, -0.2) is 0 Å². The average molecular weight is 181 g/mol. The monoisotopic (exact) mass is 180 g/mol. The predicted octanol–water partition coefficient (Wildman–Crippen LogP) is 2.56. The normalized spacial score (nSPS) is 26.8. The molecule has 1 saturated carbocycles. The Morgan fingerprint density at radius 3 is 2.50 bits per heavy atom. The van der Waals surface area contributed by atoms with Crippen LogP contribution in [0.15, 0.2) is 30.3 Å². The summed E-state index contributed by atoms with van der Waals surface area (Å²) in [6, 6.07) is 10.0. The number of hydrogen-bond donors (Lipinski definition) is 0. The van der Waals surface area contributed by atoms with E-state index in [2.05, 4.69) is 0 Å². The van der Waals surface area contributed by atoms with Crippen molar-refractivity contribution in [3.8, 4) is 0 Å². The molecule has 1 unspecified atom stereocenters. The van der Waals surface area contributed by atoms with E-state index in [4.69, 9.17) is 11.6 Å². The Bertz CT molecular complexity index is 294. The molecule has 0 aromatic heterocycles. The van der Waals surface area contributed by atoms with Crippen LogP contribution in [0.4, 0.5) is 0 Å². The van der Waals surface area contributed by atoms with Crippen molar-refractivity contribution in [3.05, 3.63) is 35.9 Å². The summed E-state index contributed by atoms with van der Waals surface area (Å²) >= 11 is 5.38. The summed E-state index contributed by atoms with van der Waals surface area (Å²) in [5, 5.41) is -0.191. The molecule has 1 fully saturated rings. The second-order valence-electron chi connectivity index (χ2n) is 3.16. The van der Waals surface area contributed by atoms with E-state index in [1.165, 1.54) is 5.56 Å². The van der Waals surface area contributed by atoms with Crippen LogP contribution < -0.4 is 0 Å². The average Bonchev–Trinajstić information content (AvgIpc) is 2.84. The number of benzene rings is 1. The summed E-state index contributed by atoms with van der Waals surface area (Å²) in [5.41, 5.74) is 1.23. The second kappa shape index (κ2) is 2.91. The fraction of sp³-hybridized carbons (Fsp3) is 0.300. The summed E-state index contributed by atoms with van der Waals surface area (Å²) in [6.45, 7) is 0. The van der Waals surface area contributed by atoms with Gasteiger partial charge in [0, 0.05) is 5.92 Å². The Morgan fingerprint density at radius 2 is 2.00 bits per heavy atom. The Morgan fingerprint density at radius 1 is 1.33 bits per heavy atom. The van der Waals surface area contributed by atoms with Crippen molar-refractivity contribution in [2.75, 3.05) is 0 Å². The third-order valence-corrected chi connectivity index (χ3v) is 2.59. The van der Waals surface area contributed by atoms with E-state index in [1.54, 1.807) is 0 Å². The van der Waals surface area contributed by atoms with E-state index in [1.807, 2.05) is 30.3 Å². The third kappa shape index (κ3) is 1.37. The molecule has 1 aliphatic rings. The summed E-state index contributed by atoms with van der Waals surface area (Å²) in [4.78, 5) is 10.8. The maximum atomic E-state index is 10.8. The molecule has 1 aliphatic carbocycles. The minimum atomic E-state index is -0.191. The minimum Gasteiger partial charge on any atom is -0.281 e. The third-order valence-electron chi connectivity index (χ3n) is 2.31. The van der Waals surface area contributed by atoms with E-state index in [0.717, 1.165) is 6.42 Å². The highest BCUT2D eigenvalue weighted by Gasteiger charge is 2.42. The van der Waals surface area contributed by atoms with Crippen molar-refractivity contribution in [2.45, 2.75) is 12.3 Å². The van der Waals surface area contributed by atoms with Crippen LogP contribution in [0.1, 0.15) is 17.9 Å². The summed E-state index contributed by atoms with van der Waals surface area (Å²) in [5.74, 6) is 0.463. The number of carbonyl (C=O) groups excluding carboxylic acids is 1. The van der Waals surface area contributed by atoms with Crippen LogP contribution in [0.25, 0.3) is 0 Å². The highest BCUT2D eigenvalue weighted by Crippen LogP contribution is 2.48. The first-order valence-corrected chi connectivity index (χ1v) is 4.41. The van der Waals surface area contributed by atoms with Crippen LogP contribution >= 0.6 is 11.6 Å². The van der Waals surface area contributed by atoms with E-state index in [0.29, 0.717) is 5.92 Å². The smallest absolute Gasteiger partial charge is 0.225 e. The zero-order valence-electron chi connectivity index (χ0n) is 6.53. The molecule has 0 spiro atoms. The van der Waals surface area contributed by atoms with E-state index >= 15 is 0 Å². The summed E-state index contributed by atoms with van der Waals surface area (Å²) in [6.07, 6.45) is 0.923. The van der Waals surface area contributed by atoms with Gasteiger partial charge in [0.25, 0.3) is 0 Å². The second-order valence-corrected chi connectivity index (χ2v) is 3.54. The highest BCUT2D eigenvalue weighted by molar-refractivity contribution is 6.64. The van der Waals surface area contributed by atoms with Crippen molar-refractivity contribution >= 4 is 16.8 Å². The lowest BCUT2D eigenvalue weighted by Crippen LogP contribution is -1.90. The molecule has 0 saturated heterocycles. The maximum Gasteiger partial charge on any atom is 0.225 e. The zero-order valence-corrected chi connectivity index (χ0v) is 7.29. The molecular formula is C10H9ClO. The van der Waals surface area contributed by atoms with Gasteiger partial charge in [-0.1, -0.05) is 30.3 Å². The fourth-order valence-electron chi connectivity index (χ4n) is 1.51. The van der Waals surface area contributed by atoms with Crippen LogP contribution in [0, 0.1) is 5.92 Å². The molecule has 12 heavy (non-hydrogen) atoms. The molecule has 0 N–H and O–H groups in total. The van der Waals surface area contributed by atoms with Crippen LogP contribution in [0.2, 0.25) is 0 Å². The van der Waals surface area contributed by atoms with Gasteiger partial charge in [0.1, 0.15) is 0 Å². The van der Waals surface area contributed by atoms with Crippen LogP contribution in [0.5, 0.6) is 0 Å². The Hall–Kier alpha value is -0.820. The lowest BCUT2D eigenvalue weighted by molar-refractivity contribution is -0.112. The molecule has 1 nitrogen and oxygen atoms in total. The van der Waals surface area contributed by atoms with Gasteiger partial charge in [-0.2, -0.15) is 0 Å². The van der Waals surface area contributed by atoms with Gasteiger partial charge in [-0.3, -0.25) is 4.79 Å². The predicted molar refractivity (Wildman–Crippen MR) is 48.2 cm³/mol. The first kappa shape index (κ1) is 7.81. The molecule has 2 rings (SSSR count). The topological polar surface area (TPSA) is 17.1 Å². The summed E-state index contributed by atoms with van der Waals surface area (Å²) in [7, 11) is 0. The SMILES string of the molecule is O=C(Cl)[C@@H]1CC1c1ccccc1. The van der Waals surface area contributed by atoms with Gasteiger partial charge in [-0.05, 0) is 29.5 Å². The van der Waals surface area contributed by atoms with E-state index in [-0.39, 0.29) is 11.2 Å². The Kier molecular flexibility index (Phi) is 1.89. The van der Waals surface area contributed by atoms with E-state index in [9.17, 15) is 4.79 Å². The molecule has 0 aliphatic heterocycles. The lowest BCUT2D eigenvalue weighted by Gasteiger charge is -1.95. The standard InChI is InChI=1S/C10H9ClO/c11-10(12)9-6-8(9)7-4-2-1-3-5-7/h1-5,8-9H,6H2/t8?,9-/m1/s1. The quantitative estimate of drug-likeness (QED) is 0.640. The number of hydrogen-bond acceptors (Lipinski definition) is 1. The van der Waals surface area contributed by atoms with Crippen molar-refractivity contribution in [3.63, 3.8) is 0 Å². The molecule has 0 heterocycles. The molecule has 0 bridgehead atoms. The molecule has 0 amide bonds. The van der Waals surface area contributed by atoms with Crippen molar-refractivity contribution in [2.24, 2.45) is 5.92 Å². The molecule has 1 aromatic carbocycles. The molecule has 62 valence electrons. The van der Waals surface area contributed by atoms with Gasteiger partial charge < -0.3 is 0 Å². The maximum absolute atomic E-state index is 10.8. The van der Waals surface area contributed by atoms with Crippen LogP contribution in [-0.4, -0.2) is 5.24 Å². The molecule has 2 heteroatoms. The van der Waals surface area contributed by atoms with Crippen molar-refractivity contribution < 1.29 is 4.79 Å². The van der Waals surface area contributed by atoms with Gasteiger partial charge >= 0.3 is 0 Å². The van der Waals surface area contributed by atoms with Gasteiger partial charge in [0.05, 0.1) is 0 Å². The number of carbonyl (C=O) groups is 1. The molecule has 1 aromatic rings. The van der Waals surface area contributed by atoms with Crippen LogP contribution in [-0.2, 0) is 4.79 Å². The van der Waals surface area contributed by atoms with Gasteiger partial charge in [-0.15, -0.1) is 0 Å². The first-order valence-electron chi connectivity index (χ1n) is 4.03. The molecule has 2 atom stereocenters. The lowest BCUT2D eigenvalue weighted by atomic mass is 10.1. The summed E-state index contributed by atoms with van der Waals surface area (Å²) < 4.78 is 0.